The van der Waals surface area contributed by atoms with E-state index in [0.717, 1.165) is 6.42 Å². The van der Waals surface area contributed by atoms with E-state index in [2.05, 4.69) is 5.10 Å². The second-order valence-electron chi connectivity index (χ2n) is 4.33. The van der Waals surface area contributed by atoms with Gasteiger partial charge in [-0.25, -0.2) is 14.3 Å². The summed E-state index contributed by atoms with van der Waals surface area (Å²) in [5.41, 5.74) is 1.40. The van der Waals surface area contributed by atoms with Gasteiger partial charge in [-0.05, 0) is 24.6 Å². The summed E-state index contributed by atoms with van der Waals surface area (Å²) in [6, 6.07) is 6.26. The van der Waals surface area contributed by atoms with Crippen LogP contribution in [0.1, 0.15) is 39.8 Å². The molecule has 6 heteroatoms. The molecule has 104 valence electrons. The molecule has 1 aromatic heterocycles. The Labute approximate surface area is 115 Å². The van der Waals surface area contributed by atoms with Crippen LogP contribution in [0.3, 0.4) is 0 Å². The van der Waals surface area contributed by atoms with E-state index >= 15 is 0 Å². The van der Waals surface area contributed by atoms with Crippen molar-refractivity contribution >= 4 is 11.9 Å². The number of rotatable bonds is 5. The number of hydrogen-bond donors (Lipinski definition) is 2. The van der Waals surface area contributed by atoms with Crippen LogP contribution in [0, 0.1) is 0 Å². The molecule has 0 fully saturated rings. The lowest BCUT2D eigenvalue weighted by Crippen LogP contribution is -2.07. The van der Waals surface area contributed by atoms with E-state index in [1.54, 1.807) is 12.1 Å². The lowest BCUT2D eigenvalue weighted by Gasteiger charge is -2.08. The second-order valence-corrected chi connectivity index (χ2v) is 4.33. The minimum absolute atomic E-state index is 0.136. The number of carbonyl (C=O) groups is 2. The van der Waals surface area contributed by atoms with Crippen molar-refractivity contribution < 1.29 is 19.8 Å². The standard InChI is InChI=1S/C14H14N2O4/c1-2-4-12-11(14(19)20)8-15-16(12)10-6-3-5-9(7-10)13(17)18/h3,5-8H,2,4H2,1H3,(H,17,18)(H,19,20). The molecule has 0 atom stereocenters. The van der Waals surface area contributed by atoms with Crippen LogP contribution in [0.25, 0.3) is 5.69 Å². The van der Waals surface area contributed by atoms with E-state index in [1.807, 2.05) is 6.92 Å². The number of benzene rings is 1. The van der Waals surface area contributed by atoms with Crippen LogP contribution in [0.4, 0.5) is 0 Å². The average Bonchev–Trinajstić information content (AvgIpc) is 2.83. The number of aromatic nitrogens is 2. The minimum atomic E-state index is -1.03. The van der Waals surface area contributed by atoms with Crippen LogP contribution in [-0.2, 0) is 6.42 Å². The van der Waals surface area contributed by atoms with Crippen LogP contribution >= 0.6 is 0 Å². The zero-order chi connectivity index (χ0) is 14.7. The van der Waals surface area contributed by atoms with Gasteiger partial charge in [0.25, 0.3) is 0 Å². The summed E-state index contributed by atoms with van der Waals surface area (Å²) in [6.07, 6.45) is 2.62. The van der Waals surface area contributed by atoms with E-state index in [1.165, 1.54) is 23.0 Å². The zero-order valence-corrected chi connectivity index (χ0v) is 10.9. The van der Waals surface area contributed by atoms with Gasteiger partial charge in [-0.1, -0.05) is 19.4 Å². The van der Waals surface area contributed by atoms with Crippen molar-refractivity contribution in [3.63, 3.8) is 0 Å². The Morgan fingerprint density at radius 3 is 2.60 bits per heavy atom. The lowest BCUT2D eigenvalue weighted by molar-refractivity contribution is 0.0685. The van der Waals surface area contributed by atoms with Crippen molar-refractivity contribution in [2.24, 2.45) is 0 Å². The molecule has 1 heterocycles. The van der Waals surface area contributed by atoms with Crippen molar-refractivity contribution in [1.29, 1.82) is 0 Å². The molecule has 0 spiro atoms. The highest BCUT2D eigenvalue weighted by Crippen LogP contribution is 2.18. The van der Waals surface area contributed by atoms with Gasteiger partial charge in [-0.15, -0.1) is 0 Å². The molecule has 2 rings (SSSR count). The van der Waals surface area contributed by atoms with Crippen molar-refractivity contribution in [2.75, 3.05) is 0 Å². The summed E-state index contributed by atoms with van der Waals surface area (Å²) in [5, 5.41) is 22.2. The van der Waals surface area contributed by atoms with E-state index in [-0.39, 0.29) is 11.1 Å². The highest BCUT2D eigenvalue weighted by Gasteiger charge is 2.17. The molecule has 2 N–H and O–H groups in total. The van der Waals surface area contributed by atoms with E-state index in [9.17, 15) is 9.59 Å². The maximum absolute atomic E-state index is 11.2. The topological polar surface area (TPSA) is 92.4 Å². The molecule has 1 aromatic carbocycles. The number of hydrogen-bond acceptors (Lipinski definition) is 3. The highest BCUT2D eigenvalue weighted by molar-refractivity contribution is 5.89. The quantitative estimate of drug-likeness (QED) is 0.872. The third-order valence-electron chi connectivity index (χ3n) is 2.92. The van der Waals surface area contributed by atoms with E-state index in [0.29, 0.717) is 17.8 Å². The van der Waals surface area contributed by atoms with E-state index in [4.69, 9.17) is 10.2 Å². The summed E-state index contributed by atoms with van der Waals surface area (Å²) in [7, 11) is 0. The summed E-state index contributed by atoms with van der Waals surface area (Å²) in [4.78, 5) is 22.2. The molecule has 0 unspecified atom stereocenters. The molecule has 0 bridgehead atoms. The molecule has 0 aliphatic carbocycles. The minimum Gasteiger partial charge on any atom is -0.478 e. The second kappa shape index (κ2) is 5.56. The smallest absolute Gasteiger partial charge is 0.339 e. The maximum atomic E-state index is 11.2. The molecule has 0 saturated heterocycles. The predicted molar refractivity (Wildman–Crippen MR) is 71.5 cm³/mol. The van der Waals surface area contributed by atoms with Crippen molar-refractivity contribution in [3.05, 3.63) is 47.3 Å². The summed E-state index contributed by atoms with van der Waals surface area (Å²) >= 11 is 0. The lowest BCUT2D eigenvalue weighted by atomic mass is 10.1. The fraction of sp³-hybridized carbons (Fsp3) is 0.214. The van der Waals surface area contributed by atoms with E-state index < -0.39 is 11.9 Å². The summed E-state index contributed by atoms with van der Waals surface area (Å²) in [6.45, 7) is 1.94. The zero-order valence-electron chi connectivity index (χ0n) is 10.9. The normalized spacial score (nSPS) is 10.4. The third-order valence-corrected chi connectivity index (χ3v) is 2.92. The Bertz CT molecular complexity index is 661. The monoisotopic (exact) mass is 274 g/mol. The Balaban J connectivity index is 2.54. The van der Waals surface area contributed by atoms with Gasteiger partial charge in [0, 0.05) is 0 Å². The largest absolute Gasteiger partial charge is 0.478 e. The van der Waals surface area contributed by atoms with Gasteiger partial charge in [0.15, 0.2) is 0 Å². The van der Waals surface area contributed by atoms with Gasteiger partial charge in [-0.3, -0.25) is 0 Å². The Kier molecular flexibility index (Phi) is 3.84. The van der Waals surface area contributed by atoms with Crippen LogP contribution in [0.15, 0.2) is 30.5 Å². The Morgan fingerprint density at radius 2 is 2.00 bits per heavy atom. The molecular formula is C14H14N2O4. The predicted octanol–water partition coefficient (Wildman–Crippen LogP) is 2.22. The first-order chi connectivity index (χ1) is 9.54. The van der Waals surface area contributed by atoms with Crippen LogP contribution in [-0.4, -0.2) is 31.9 Å². The highest BCUT2D eigenvalue weighted by atomic mass is 16.4. The molecule has 0 radical (unpaired) electrons. The molecule has 6 nitrogen and oxygen atoms in total. The van der Waals surface area contributed by atoms with Crippen LogP contribution in [0.2, 0.25) is 0 Å². The van der Waals surface area contributed by atoms with Crippen LogP contribution < -0.4 is 0 Å². The SMILES string of the molecule is CCCc1c(C(=O)O)cnn1-c1cccc(C(=O)O)c1. The first kappa shape index (κ1) is 13.8. The summed E-state index contributed by atoms with van der Waals surface area (Å²) < 4.78 is 1.49. The third kappa shape index (κ3) is 2.54. The number of carboxylic acids is 2. The van der Waals surface area contributed by atoms with Crippen molar-refractivity contribution in [2.45, 2.75) is 19.8 Å². The van der Waals surface area contributed by atoms with Gasteiger partial charge in [-0.2, -0.15) is 5.10 Å². The Morgan fingerprint density at radius 1 is 1.25 bits per heavy atom. The average molecular weight is 274 g/mol. The first-order valence-electron chi connectivity index (χ1n) is 6.18. The molecular weight excluding hydrogens is 260 g/mol. The van der Waals surface area contributed by atoms with Gasteiger partial charge in [0.05, 0.1) is 23.1 Å². The van der Waals surface area contributed by atoms with Crippen molar-refractivity contribution in [3.8, 4) is 5.69 Å². The van der Waals surface area contributed by atoms with Crippen molar-refractivity contribution in [1.82, 2.24) is 9.78 Å². The Hall–Kier alpha value is -2.63. The van der Waals surface area contributed by atoms with Gasteiger partial charge in [0.2, 0.25) is 0 Å². The maximum Gasteiger partial charge on any atom is 0.339 e. The first-order valence-corrected chi connectivity index (χ1v) is 6.18. The van der Waals surface area contributed by atoms with Gasteiger partial charge < -0.3 is 10.2 Å². The molecule has 0 aliphatic heterocycles. The summed E-state index contributed by atoms with van der Waals surface area (Å²) in [5.74, 6) is -2.07. The molecule has 0 saturated carbocycles. The fourth-order valence-electron chi connectivity index (χ4n) is 2.02. The molecule has 0 aliphatic rings. The number of aromatic carboxylic acids is 2. The van der Waals surface area contributed by atoms with Crippen LogP contribution in [0.5, 0.6) is 0 Å². The fourth-order valence-corrected chi connectivity index (χ4v) is 2.02. The number of nitrogens with zero attached hydrogens (tertiary/aromatic N) is 2. The molecule has 20 heavy (non-hydrogen) atoms. The number of carboxylic acid groups (broad SMARTS) is 2. The molecule has 0 amide bonds. The van der Waals surface area contributed by atoms with Gasteiger partial charge >= 0.3 is 11.9 Å². The molecule has 2 aromatic rings. The van der Waals surface area contributed by atoms with Gasteiger partial charge in [0.1, 0.15) is 5.56 Å².